The molecule has 0 aromatic carbocycles. The van der Waals surface area contributed by atoms with Crippen LogP contribution in [-0.4, -0.2) is 88.4 Å². The summed E-state index contributed by atoms with van der Waals surface area (Å²) in [6, 6.07) is 0. The molecule has 6 atom stereocenters. The van der Waals surface area contributed by atoms with Crippen LogP contribution in [-0.2, 0) is 33.3 Å². The van der Waals surface area contributed by atoms with E-state index >= 15 is 0 Å². The number of allylic oxidation sites excluding steroid dienone is 2. The van der Waals surface area contributed by atoms with Crippen LogP contribution in [0.5, 0.6) is 0 Å². The molecule has 0 aromatic heterocycles. The van der Waals surface area contributed by atoms with Crippen molar-refractivity contribution in [3.63, 3.8) is 0 Å². The van der Waals surface area contributed by atoms with Crippen LogP contribution in [0.1, 0.15) is 226 Å². The van der Waals surface area contributed by atoms with Crippen LogP contribution in [0.15, 0.2) is 12.2 Å². The molecule has 0 aliphatic carbocycles. The second-order valence-corrected chi connectivity index (χ2v) is 17.0. The molecule has 0 spiro atoms. The lowest BCUT2D eigenvalue weighted by Crippen LogP contribution is -2.60. The Balaban J connectivity index is 2.32. The average Bonchev–Trinajstić information content (AvgIpc) is 3.22. The number of carboxylic acid groups (broad SMARTS) is 1. The third kappa shape index (κ3) is 30.6. The summed E-state index contributed by atoms with van der Waals surface area (Å²) in [6.07, 6.45) is 32.6. The standard InChI is InChI=1S/C48H88O11/c1-3-5-7-9-11-13-15-17-19-20-21-22-23-25-27-29-31-33-35-37-42(50)58-40(39-57-48-45(53)43(51)44(52)46(59-48)47(54)55)38-56-41(49)36-34-32-30-28-26-24-18-16-14-12-10-8-6-4-2/h16,18,40,43-46,48,51-53H,3-15,17,19-39H2,1-2H3,(H,54,55)/b18-16-. The number of aliphatic hydroxyl groups is 3. The molecular weight excluding hydrogens is 753 g/mol. The Kier molecular flexibility index (Phi) is 36.2. The van der Waals surface area contributed by atoms with E-state index in [1.807, 2.05) is 0 Å². The SMILES string of the molecule is CCCCCCC/C=C\CCCCCCCC(=O)OCC(COC1OC(C(=O)O)C(O)C(O)C1O)OC(=O)CCCCCCCCCCCCCCCCCCCCC. The maximum Gasteiger partial charge on any atom is 0.335 e. The summed E-state index contributed by atoms with van der Waals surface area (Å²) in [5.41, 5.74) is 0. The van der Waals surface area contributed by atoms with Crippen molar-refractivity contribution in [1.82, 2.24) is 0 Å². The lowest BCUT2D eigenvalue weighted by molar-refractivity contribution is -0.298. The van der Waals surface area contributed by atoms with E-state index < -0.39 is 54.7 Å². The lowest BCUT2D eigenvalue weighted by atomic mass is 9.99. The van der Waals surface area contributed by atoms with Gasteiger partial charge in [-0.2, -0.15) is 0 Å². The van der Waals surface area contributed by atoms with Crippen molar-refractivity contribution in [3.8, 4) is 0 Å². The minimum Gasteiger partial charge on any atom is -0.479 e. The number of rotatable bonds is 41. The highest BCUT2D eigenvalue weighted by Gasteiger charge is 2.47. The van der Waals surface area contributed by atoms with E-state index in [-0.39, 0.29) is 26.1 Å². The molecule has 59 heavy (non-hydrogen) atoms. The number of carbonyl (C=O) groups excluding carboxylic acids is 2. The number of hydrogen-bond acceptors (Lipinski definition) is 10. The molecule has 11 heteroatoms. The van der Waals surface area contributed by atoms with Crippen LogP contribution in [0.2, 0.25) is 0 Å². The molecule has 1 aliphatic rings. The van der Waals surface area contributed by atoms with E-state index in [1.54, 1.807) is 0 Å². The van der Waals surface area contributed by atoms with Gasteiger partial charge in [0.05, 0.1) is 6.61 Å². The fraction of sp³-hybridized carbons (Fsp3) is 0.896. The van der Waals surface area contributed by atoms with Crippen LogP contribution in [0, 0.1) is 0 Å². The Morgan fingerprint density at radius 2 is 0.898 bits per heavy atom. The third-order valence-electron chi connectivity index (χ3n) is 11.4. The van der Waals surface area contributed by atoms with Crippen LogP contribution in [0.4, 0.5) is 0 Å². The summed E-state index contributed by atoms with van der Waals surface area (Å²) in [6.45, 7) is 3.82. The highest BCUT2D eigenvalue weighted by Crippen LogP contribution is 2.23. The Labute approximate surface area is 358 Å². The fourth-order valence-electron chi connectivity index (χ4n) is 7.52. The summed E-state index contributed by atoms with van der Waals surface area (Å²) in [7, 11) is 0. The largest absolute Gasteiger partial charge is 0.479 e. The van der Waals surface area contributed by atoms with Crippen LogP contribution in [0.25, 0.3) is 0 Å². The predicted octanol–water partition coefficient (Wildman–Crippen LogP) is 10.8. The highest BCUT2D eigenvalue weighted by molar-refractivity contribution is 5.73. The zero-order chi connectivity index (χ0) is 43.2. The first-order chi connectivity index (χ1) is 28.7. The quantitative estimate of drug-likeness (QED) is 0.0263. The number of esters is 2. The minimum absolute atomic E-state index is 0.187. The van der Waals surface area contributed by atoms with Crippen molar-refractivity contribution in [2.45, 2.75) is 263 Å². The lowest BCUT2D eigenvalue weighted by Gasteiger charge is -2.38. The zero-order valence-corrected chi connectivity index (χ0v) is 37.5. The van der Waals surface area contributed by atoms with Gasteiger partial charge in [0.15, 0.2) is 18.5 Å². The summed E-state index contributed by atoms with van der Waals surface area (Å²) < 4.78 is 21.8. The normalized spacial score (nSPS) is 19.9. The first-order valence-corrected chi connectivity index (χ1v) is 24.2. The Morgan fingerprint density at radius 1 is 0.508 bits per heavy atom. The molecule has 1 saturated heterocycles. The summed E-state index contributed by atoms with van der Waals surface area (Å²) in [4.78, 5) is 36.9. The van der Waals surface area contributed by atoms with Gasteiger partial charge < -0.3 is 39.4 Å². The number of unbranched alkanes of at least 4 members (excludes halogenated alkanes) is 28. The number of carbonyl (C=O) groups is 3. The predicted molar refractivity (Wildman–Crippen MR) is 234 cm³/mol. The smallest absolute Gasteiger partial charge is 0.335 e. The monoisotopic (exact) mass is 841 g/mol. The van der Waals surface area contributed by atoms with Crippen LogP contribution >= 0.6 is 0 Å². The number of hydrogen-bond donors (Lipinski definition) is 4. The topological polar surface area (TPSA) is 169 Å². The van der Waals surface area contributed by atoms with E-state index in [1.165, 1.54) is 128 Å². The Hall–Kier alpha value is -2.05. The zero-order valence-electron chi connectivity index (χ0n) is 37.5. The van der Waals surface area contributed by atoms with Crippen LogP contribution < -0.4 is 0 Å². The van der Waals surface area contributed by atoms with Gasteiger partial charge in [-0.15, -0.1) is 0 Å². The van der Waals surface area contributed by atoms with Gasteiger partial charge in [-0.05, 0) is 38.5 Å². The number of carboxylic acids is 1. The molecule has 4 N–H and O–H groups in total. The molecule has 1 aliphatic heterocycles. The molecule has 346 valence electrons. The molecule has 1 heterocycles. The van der Waals surface area contributed by atoms with Gasteiger partial charge in [0, 0.05) is 12.8 Å². The first kappa shape index (κ1) is 55.0. The molecule has 1 rings (SSSR count). The van der Waals surface area contributed by atoms with Gasteiger partial charge in [-0.1, -0.05) is 187 Å². The summed E-state index contributed by atoms with van der Waals surface area (Å²) in [5.74, 6) is -2.44. The summed E-state index contributed by atoms with van der Waals surface area (Å²) >= 11 is 0. The van der Waals surface area contributed by atoms with Gasteiger partial charge in [-0.3, -0.25) is 9.59 Å². The maximum absolute atomic E-state index is 12.8. The molecule has 6 unspecified atom stereocenters. The van der Waals surface area contributed by atoms with Crippen molar-refractivity contribution in [2.75, 3.05) is 13.2 Å². The van der Waals surface area contributed by atoms with Crippen molar-refractivity contribution >= 4 is 17.9 Å². The number of aliphatic carboxylic acids is 1. The molecule has 1 fully saturated rings. The van der Waals surface area contributed by atoms with Crippen molar-refractivity contribution in [1.29, 1.82) is 0 Å². The van der Waals surface area contributed by atoms with Gasteiger partial charge in [0.1, 0.15) is 24.9 Å². The number of ether oxygens (including phenoxy) is 4. The van der Waals surface area contributed by atoms with E-state index in [2.05, 4.69) is 26.0 Å². The molecule has 0 bridgehead atoms. The Bertz CT molecular complexity index is 1040. The Morgan fingerprint density at radius 3 is 1.32 bits per heavy atom. The van der Waals surface area contributed by atoms with E-state index in [9.17, 15) is 34.8 Å². The van der Waals surface area contributed by atoms with Crippen molar-refractivity contribution in [2.24, 2.45) is 0 Å². The first-order valence-electron chi connectivity index (χ1n) is 24.2. The van der Waals surface area contributed by atoms with Gasteiger partial charge in [0.25, 0.3) is 0 Å². The van der Waals surface area contributed by atoms with Gasteiger partial charge >= 0.3 is 17.9 Å². The van der Waals surface area contributed by atoms with Crippen molar-refractivity contribution in [3.05, 3.63) is 12.2 Å². The average molecular weight is 841 g/mol. The van der Waals surface area contributed by atoms with E-state index in [4.69, 9.17) is 18.9 Å². The van der Waals surface area contributed by atoms with Crippen LogP contribution in [0.3, 0.4) is 0 Å². The summed E-state index contributed by atoms with van der Waals surface area (Å²) in [5, 5.41) is 39.9. The molecule has 11 nitrogen and oxygen atoms in total. The molecule has 0 aromatic rings. The molecule has 0 amide bonds. The van der Waals surface area contributed by atoms with E-state index in [0.29, 0.717) is 12.8 Å². The fourth-order valence-corrected chi connectivity index (χ4v) is 7.52. The highest BCUT2D eigenvalue weighted by atomic mass is 16.7. The maximum atomic E-state index is 12.8. The van der Waals surface area contributed by atoms with Gasteiger partial charge in [0.2, 0.25) is 0 Å². The van der Waals surface area contributed by atoms with E-state index in [0.717, 1.165) is 57.8 Å². The number of aliphatic hydroxyl groups excluding tert-OH is 3. The van der Waals surface area contributed by atoms with Crippen molar-refractivity contribution < 1.29 is 53.8 Å². The molecule has 0 radical (unpaired) electrons. The minimum atomic E-state index is -1.86. The second-order valence-electron chi connectivity index (χ2n) is 17.0. The molecular formula is C48H88O11. The third-order valence-corrected chi connectivity index (χ3v) is 11.4. The second kappa shape index (κ2) is 38.8. The molecule has 0 saturated carbocycles. The van der Waals surface area contributed by atoms with Gasteiger partial charge in [-0.25, -0.2) is 4.79 Å².